The van der Waals surface area contributed by atoms with Gasteiger partial charge in [0.15, 0.2) is 0 Å². The highest BCUT2D eigenvalue weighted by molar-refractivity contribution is 7.89. The van der Waals surface area contributed by atoms with E-state index in [2.05, 4.69) is 5.32 Å². The molecule has 27 heavy (non-hydrogen) atoms. The van der Waals surface area contributed by atoms with E-state index in [0.717, 1.165) is 5.56 Å². The molecule has 0 spiro atoms. The highest BCUT2D eigenvalue weighted by atomic mass is 32.2. The summed E-state index contributed by atoms with van der Waals surface area (Å²) >= 11 is 0. The molecule has 0 radical (unpaired) electrons. The number of nitrogens with one attached hydrogen (secondary N) is 1. The van der Waals surface area contributed by atoms with Crippen molar-refractivity contribution >= 4 is 21.7 Å². The van der Waals surface area contributed by atoms with E-state index >= 15 is 0 Å². The van der Waals surface area contributed by atoms with Crippen molar-refractivity contribution in [1.82, 2.24) is 4.90 Å². The number of hydrogen-bond donors (Lipinski definition) is 3. The summed E-state index contributed by atoms with van der Waals surface area (Å²) in [6.07, 6.45) is -0.839. The van der Waals surface area contributed by atoms with E-state index in [1.165, 1.54) is 36.2 Å². The lowest BCUT2D eigenvalue weighted by molar-refractivity contribution is 0.0188. The molecule has 146 valence electrons. The van der Waals surface area contributed by atoms with E-state index in [4.69, 9.17) is 9.88 Å². The van der Waals surface area contributed by atoms with E-state index in [-0.39, 0.29) is 18.0 Å². The zero-order valence-corrected chi connectivity index (χ0v) is 15.7. The Hall–Kier alpha value is -2.46. The van der Waals surface area contributed by atoms with Gasteiger partial charge in [-0.2, -0.15) is 0 Å². The van der Waals surface area contributed by atoms with Crippen LogP contribution in [0.4, 0.5) is 10.5 Å². The molecule has 2 rings (SSSR count). The number of aliphatic hydroxyl groups excluding tert-OH is 1. The Morgan fingerprint density at radius 1 is 1.19 bits per heavy atom. The normalized spacial score (nSPS) is 12.4. The van der Waals surface area contributed by atoms with Crippen LogP contribution in [0.1, 0.15) is 5.56 Å². The van der Waals surface area contributed by atoms with Crippen LogP contribution in [0.3, 0.4) is 0 Å². The third-order valence-corrected chi connectivity index (χ3v) is 4.62. The number of carbonyl (C=O) groups excluding carboxylic acids is 1. The fourth-order valence-electron chi connectivity index (χ4n) is 2.29. The van der Waals surface area contributed by atoms with Gasteiger partial charge in [-0.25, -0.2) is 18.4 Å². The Morgan fingerprint density at radius 3 is 2.41 bits per heavy atom. The molecular formula is C18H23N3O5S. The van der Waals surface area contributed by atoms with Crippen LogP contribution in [0.25, 0.3) is 0 Å². The number of sulfonamides is 1. The molecule has 1 unspecified atom stereocenters. The van der Waals surface area contributed by atoms with Gasteiger partial charge in [-0.15, -0.1) is 0 Å². The van der Waals surface area contributed by atoms with E-state index in [9.17, 15) is 18.3 Å². The molecule has 1 atom stereocenters. The van der Waals surface area contributed by atoms with Gasteiger partial charge in [-0.05, 0) is 29.8 Å². The molecule has 8 nitrogen and oxygen atoms in total. The number of urea groups is 1. The molecular weight excluding hydrogens is 370 g/mol. The Balaban J connectivity index is 1.77. The lowest BCUT2D eigenvalue weighted by Crippen LogP contribution is -2.38. The molecule has 0 aliphatic rings. The number of nitrogens with two attached hydrogens (primary N) is 1. The first kappa shape index (κ1) is 20.8. The first-order valence-corrected chi connectivity index (χ1v) is 9.75. The largest absolute Gasteiger partial charge is 0.389 e. The number of hydrogen-bond acceptors (Lipinski definition) is 5. The van der Waals surface area contributed by atoms with E-state index in [0.29, 0.717) is 12.3 Å². The van der Waals surface area contributed by atoms with Gasteiger partial charge in [0.1, 0.15) is 0 Å². The molecule has 0 aromatic heterocycles. The van der Waals surface area contributed by atoms with Crippen molar-refractivity contribution in [3.05, 3.63) is 60.2 Å². The molecule has 2 aromatic carbocycles. The molecule has 9 heteroatoms. The second kappa shape index (κ2) is 9.47. The van der Waals surface area contributed by atoms with Crippen LogP contribution in [-0.2, 0) is 21.4 Å². The average Bonchev–Trinajstić information content (AvgIpc) is 2.62. The van der Waals surface area contributed by atoms with Gasteiger partial charge in [-0.3, -0.25) is 0 Å². The van der Waals surface area contributed by atoms with E-state index in [1.807, 2.05) is 30.3 Å². The Morgan fingerprint density at radius 2 is 1.81 bits per heavy atom. The van der Waals surface area contributed by atoms with Crippen LogP contribution in [0.2, 0.25) is 0 Å². The quantitative estimate of drug-likeness (QED) is 0.625. The molecule has 0 aliphatic heterocycles. The maximum Gasteiger partial charge on any atom is 0.321 e. The van der Waals surface area contributed by atoms with Gasteiger partial charge >= 0.3 is 6.03 Å². The van der Waals surface area contributed by atoms with Crippen LogP contribution < -0.4 is 10.5 Å². The molecule has 0 heterocycles. The molecule has 0 saturated heterocycles. The van der Waals surface area contributed by atoms with Crippen molar-refractivity contribution in [1.29, 1.82) is 0 Å². The number of likely N-dealkylation sites (N-methyl/N-ethyl adjacent to an activating group) is 1. The van der Waals surface area contributed by atoms with Crippen molar-refractivity contribution < 1.29 is 23.1 Å². The van der Waals surface area contributed by atoms with Gasteiger partial charge in [0.2, 0.25) is 10.0 Å². The summed E-state index contributed by atoms with van der Waals surface area (Å²) in [7, 11) is -2.24. The summed E-state index contributed by atoms with van der Waals surface area (Å²) in [5, 5.41) is 17.6. The fourth-order valence-corrected chi connectivity index (χ4v) is 2.80. The Bertz CT molecular complexity index is 841. The predicted octanol–water partition coefficient (Wildman–Crippen LogP) is 1.38. The van der Waals surface area contributed by atoms with Crippen LogP contribution >= 0.6 is 0 Å². The van der Waals surface area contributed by atoms with Crippen LogP contribution in [0.5, 0.6) is 0 Å². The van der Waals surface area contributed by atoms with Crippen molar-refractivity contribution in [3.63, 3.8) is 0 Å². The zero-order valence-electron chi connectivity index (χ0n) is 14.9. The van der Waals surface area contributed by atoms with Crippen molar-refractivity contribution in [2.75, 3.05) is 25.5 Å². The fraction of sp³-hybridized carbons (Fsp3) is 0.278. The van der Waals surface area contributed by atoms with Gasteiger partial charge in [0.05, 0.1) is 30.8 Å². The summed E-state index contributed by atoms with van der Waals surface area (Å²) in [6, 6.07) is 14.6. The maximum absolute atomic E-state index is 12.1. The monoisotopic (exact) mass is 393 g/mol. The smallest absolute Gasteiger partial charge is 0.321 e. The molecule has 0 bridgehead atoms. The third-order valence-electron chi connectivity index (χ3n) is 3.69. The van der Waals surface area contributed by atoms with E-state index < -0.39 is 22.2 Å². The van der Waals surface area contributed by atoms with Crippen LogP contribution in [-0.4, -0.2) is 50.8 Å². The summed E-state index contributed by atoms with van der Waals surface area (Å²) in [4.78, 5) is 13.4. The Labute approximate surface area is 158 Å². The summed E-state index contributed by atoms with van der Waals surface area (Å²) < 4.78 is 27.9. The van der Waals surface area contributed by atoms with Gasteiger partial charge in [0.25, 0.3) is 0 Å². The molecule has 0 aliphatic carbocycles. The minimum Gasteiger partial charge on any atom is -0.389 e. The second-order valence-electron chi connectivity index (χ2n) is 6.03. The van der Waals surface area contributed by atoms with Crippen molar-refractivity contribution in [2.45, 2.75) is 17.6 Å². The molecule has 0 saturated carbocycles. The highest BCUT2D eigenvalue weighted by Crippen LogP contribution is 2.13. The minimum absolute atomic E-state index is 0.0418. The van der Waals surface area contributed by atoms with Crippen molar-refractivity contribution in [3.8, 4) is 0 Å². The number of ether oxygens (including phenoxy) is 1. The predicted molar refractivity (Wildman–Crippen MR) is 102 cm³/mol. The number of rotatable bonds is 8. The van der Waals surface area contributed by atoms with Gasteiger partial charge < -0.3 is 20.1 Å². The van der Waals surface area contributed by atoms with Crippen LogP contribution in [0.15, 0.2) is 59.5 Å². The molecule has 0 fully saturated rings. The van der Waals surface area contributed by atoms with Gasteiger partial charge in [-0.1, -0.05) is 30.3 Å². The molecule has 4 N–H and O–H groups in total. The topological polar surface area (TPSA) is 122 Å². The maximum atomic E-state index is 12.1. The highest BCUT2D eigenvalue weighted by Gasteiger charge is 2.15. The summed E-state index contributed by atoms with van der Waals surface area (Å²) in [5.74, 6) is 0. The number of anilines is 1. The lowest BCUT2D eigenvalue weighted by Gasteiger charge is -2.21. The lowest BCUT2D eigenvalue weighted by atomic mass is 10.2. The standard InChI is InChI=1S/C18H23N3O5S/c1-21(11-16(22)13-26-12-14-5-3-2-4-6-14)18(23)20-15-7-9-17(10-8-15)27(19,24)25/h2-10,16,22H,11-13H2,1H3,(H,20,23)(H2,19,24,25). The molecule has 2 aromatic rings. The summed E-state index contributed by atoms with van der Waals surface area (Å²) in [6.45, 7) is 0.551. The first-order chi connectivity index (χ1) is 12.8. The van der Waals surface area contributed by atoms with Crippen molar-refractivity contribution in [2.24, 2.45) is 5.14 Å². The number of amides is 2. The zero-order chi connectivity index (χ0) is 19.9. The average molecular weight is 393 g/mol. The third kappa shape index (κ3) is 6.99. The number of carbonyl (C=O) groups is 1. The number of benzene rings is 2. The first-order valence-electron chi connectivity index (χ1n) is 8.20. The Kier molecular flexibility index (Phi) is 7.31. The number of aliphatic hydroxyl groups is 1. The summed E-state index contributed by atoms with van der Waals surface area (Å²) in [5.41, 5.74) is 1.41. The minimum atomic E-state index is -3.78. The second-order valence-corrected chi connectivity index (χ2v) is 7.60. The van der Waals surface area contributed by atoms with Gasteiger partial charge in [0, 0.05) is 12.7 Å². The van der Waals surface area contributed by atoms with Crippen LogP contribution in [0, 0.1) is 0 Å². The number of primary sulfonamides is 1. The van der Waals surface area contributed by atoms with E-state index in [1.54, 1.807) is 0 Å². The molecule has 2 amide bonds. The SMILES string of the molecule is CN(CC(O)COCc1ccccc1)C(=O)Nc1ccc(S(N)(=O)=O)cc1. The number of nitrogens with zero attached hydrogens (tertiary/aromatic N) is 1.